The molecule has 0 saturated carbocycles. The summed E-state index contributed by atoms with van der Waals surface area (Å²) in [6, 6.07) is 13.7. The minimum atomic E-state index is -0.492. The Morgan fingerprint density at radius 3 is 2.67 bits per heavy atom. The van der Waals surface area contributed by atoms with Gasteiger partial charge in [-0.3, -0.25) is 9.58 Å². The van der Waals surface area contributed by atoms with E-state index in [4.69, 9.17) is 9.47 Å². The van der Waals surface area contributed by atoms with Gasteiger partial charge in [0.2, 0.25) is 0 Å². The van der Waals surface area contributed by atoms with E-state index in [1.807, 2.05) is 40.8 Å². The van der Waals surface area contributed by atoms with Crippen molar-refractivity contribution in [2.24, 2.45) is 0 Å². The lowest BCUT2D eigenvalue weighted by Gasteiger charge is -2.40. The Morgan fingerprint density at radius 1 is 1.13 bits per heavy atom. The molecule has 1 aromatic heterocycles. The number of aryl methyl sites for hydroxylation is 1. The Morgan fingerprint density at radius 2 is 1.93 bits per heavy atom. The van der Waals surface area contributed by atoms with Gasteiger partial charge in [-0.25, -0.2) is 9.80 Å². The summed E-state index contributed by atoms with van der Waals surface area (Å²) in [5.74, 6) is 1.15. The van der Waals surface area contributed by atoms with Gasteiger partial charge in [-0.2, -0.15) is 0 Å². The second-order valence-electron chi connectivity index (χ2n) is 7.47. The van der Waals surface area contributed by atoms with E-state index in [9.17, 15) is 4.79 Å². The number of rotatable bonds is 4. The van der Waals surface area contributed by atoms with E-state index < -0.39 is 6.04 Å². The quantitative estimate of drug-likeness (QED) is 0.617. The highest BCUT2D eigenvalue weighted by Crippen LogP contribution is 2.48. The fraction of sp³-hybridized carbons (Fsp3) is 0.318. The highest BCUT2D eigenvalue weighted by Gasteiger charge is 2.49. The van der Waals surface area contributed by atoms with Crippen molar-refractivity contribution in [2.75, 3.05) is 23.7 Å². The monoisotopic (exact) mass is 405 g/mol. The maximum atomic E-state index is 12.9. The molecule has 1 saturated heterocycles. The normalized spacial score (nSPS) is 19.2. The molecule has 0 bridgehead atoms. The van der Waals surface area contributed by atoms with Gasteiger partial charge in [0.1, 0.15) is 12.1 Å². The van der Waals surface area contributed by atoms with Crippen LogP contribution in [-0.2, 0) is 9.53 Å². The van der Waals surface area contributed by atoms with Crippen molar-refractivity contribution in [3.8, 4) is 11.4 Å². The van der Waals surface area contributed by atoms with Gasteiger partial charge in [0.15, 0.2) is 6.04 Å². The van der Waals surface area contributed by atoms with Crippen molar-refractivity contribution in [2.45, 2.75) is 32.4 Å². The maximum Gasteiger partial charge on any atom is 0.331 e. The van der Waals surface area contributed by atoms with Crippen LogP contribution in [0.5, 0.6) is 5.75 Å². The molecule has 0 amide bonds. The number of hydrazine groups is 1. The Kier molecular flexibility index (Phi) is 4.34. The number of methoxy groups -OCH3 is 1. The maximum absolute atomic E-state index is 12.9. The SMILES string of the molecule is CCOC(=O)[C@@H]1C[C@@H](c2ccc(OC)cc2)N2c3cc(C)ccc3-n3cnnc3N12. The minimum Gasteiger partial charge on any atom is -0.497 e. The molecule has 154 valence electrons. The molecule has 0 spiro atoms. The second-order valence-corrected chi connectivity index (χ2v) is 7.47. The fourth-order valence-corrected chi connectivity index (χ4v) is 4.34. The number of nitrogens with zero attached hydrogens (tertiary/aromatic N) is 5. The molecule has 3 heterocycles. The molecule has 3 aromatic rings. The molecule has 0 radical (unpaired) electrons. The van der Waals surface area contributed by atoms with Gasteiger partial charge in [0.25, 0.3) is 5.95 Å². The van der Waals surface area contributed by atoms with Crippen molar-refractivity contribution < 1.29 is 14.3 Å². The zero-order valence-electron chi connectivity index (χ0n) is 17.1. The third-order valence-corrected chi connectivity index (χ3v) is 5.70. The second kappa shape index (κ2) is 7.05. The average molecular weight is 405 g/mol. The first-order valence-electron chi connectivity index (χ1n) is 10.0. The van der Waals surface area contributed by atoms with Crippen LogP contribution in [0.25, 0.3) is 5.69 Å². The van der Waals surface area contributed by atoms with E-state index in [1.54, 1.807) is 13.4 Å². The number of ether oxygens (including phenoxy) is 2. The first kappa shape index (κ1) is 18.5. The van der Waals surface area contributed by atoms with E-state index in [1.165, 1.54) is 0 Å². The zero-order chi connectivity index (χ0) is 20.8. The van der Waals surface area contributed by atoms with Crippen LogP contribution < -0.4 is 14.8 Å². The summed E-state index contributed by atoms with van der Waals surface area (Å²) in [6.45, 7) is 4.22. The minimum absolute atomic E-state index is 0.0590. The van der Waals surface area contributed by atoms with Crippen molar-refractivity contribution in [1.29, 1.82) is 0 Å². The summed E-state index contributed by atoms with van der Waals surface area (Å²) in [5, 5.41) is 12.6. The lowest BCUT2D eigenvalue weighted by atomic mass is 10.0. The van der Waals surface area contributed by atoms with Gasteiger partial charge in [-0.1, -0.05) is 18.2 Å². The number of anilines is 2. The average Bonchev–Trinajstić information content (AvgIpc) is 3.39. The summed E-state index contributed by atoms with van der Waals surface area (Å²) in [7, 11) is 1.65. The molecule has 30 heavy (non-hydrogen) atoms. The lowest BCUT2D eigenvalue weighted by Crippen LogP contribution is -2.49. The molecule has 2 atom stereocenters. The number of aromatic nitrogens is 3. The summed E-state index contributed by atoms with van der Waals surface area (Å²) in [6.07, 6.45) is 2.26. The van der Waals surface area contributed by atoms with E-state index in [2.05, 4.69) is 40.3 Å². The smallest absolute Gasteiger partial charge is 0.331 e. The highest BCUT2D eigenvalue weighted by atomic mass is 16.5. The molecule has 1 fully saturated rings. The number of hydrogen-bond donors (Lipinski definition) is 0. The summed E-state index contributed by atoms with van der Waals surface area (Å²) >= 11 is 0. The molecule has 2 aliphatic rings. The van der Waals surface area contributed by atoms with Gasteiger partial charge in [-0.05, 0) is 49.2 Å². The number of carbonyl (C=O) groups is 1. The first-order valence-corrected chi connectivity index (χ1v) is 10.0. The van der Waals surface area contributed by atoms with Crippen LogP contribution in [0, 0.1) is 6.92 Å². The van der Waals surface area contributed by atoms with Gasteiger partial charge < -0.3 is 9.47 Å². The van der Waals surface area contributed by atoms with Gasteiger partial charge in [-0.15, -0.1) is 10.2 Å². The topological polar surface area (TPSA) is 72.7 Å². The van der Waals surface area contributed by atoms with Gasteiger partial charge in [0.05, 0.1) is 31.1 Å². The predicted molar refractivity (Wildman–Crippen MR) is 112 cm³/mol. The molecule has 2 aromatic carbocycles. The largest absolute Gasteiger partial charge is 0.497 e. The Balaban J connectivity index is 1.68. The number of carbonyl (C=O) groups excluding carboxylic acids is 1. The number of fused-ring (bicyclic) bond motifs is 6. The Bertz CT molecular complexity index is 1090. The summed E-state index contributed by atoms with van der Waals surface area (Å²) < 4.78 is 12.7. The van der Waals surface area contributed by atoms with Gasteiger partial charge in [0, 0.05) is 6.42 Å². The summed E-state index contributed by atoms with van der Waals surface area (Å²) in [5.41, 5.74) is 4.22. The van der Waals surface area contributed by atoms with Crippen molar-refractivity contribution in [1.82, 2.24) is 14.8 Å². The van der Waals surface area contributed by atoms with Crippen molar-refractivity contribution >= 4 is 17.6 Å². The molecular formula is C22H23N5O3. The Labute approximate surface area is 174 Å². The van der Waals surface area contributed by atoms with Crippen LogP contribution in [0.1, 0.15) is 30.5 Å². The van der Waals surface area contributed by atoms with E-state index in [0.717, 1.165) is 28.3 Å². The van der Waals surface area contributed by atoms with Crippen LogP contribution >= 0.6 is 0 Å². The zero-order valence-corrected chi connectivity index (χ0v) is 17.1. The number of hydrogen-bond acceptors (Lipinski definition) is 7. The summed E-state index contributed by atoms with van der Waals surface area (Å²) in [4.78, 5) is 12.9. The predicted octanol–water partition coefficient (Wildman–Crippen LogP) is 3.20. The Hall–Kier alpha value is -3.55. The van der Waals surface area contributed by atoms with Crippen molar-refractivity contribution in [3.05, 3.63) is 59.9 Å². The van der Waals surface area contributed by atoms with E-state index in [0.29, 0.717) is 19.0 Å². The van der Waals surface area contributed by atoms with Gasteiger partial charge >= 0.3 is 5.97 Å². The van der Waals surface area contributed by atoms with Crippen LogP contribution in [0.3, 0.4) is 0 Å². The third kappa shape index (κ3) is 2.71. The highest BCUT2D eigenvalue weighted by molar-refractivity contribution is 5.85. The molecule has 8 heteroatoms. The molecule has 0 N–H and O–H groups in total. The fourth-order valence-electron chi connectivity index (χ4n) is 4.34. The van der Waals surface area contributed by atoms with Crippen LogP contribution in [0.15, 0.2) is 48.8 Å². The van der Waals surface area contributed by atoms with Crippen LogP contribution in [-0.4, -0.2) is 40.5 Å². The number of esters is 1. The third-order valence-electron chi connectivity index (χ3n) is 5.70. The first-order chi connectivity index (χ1) is 14.6. The molecular weight excluding hydrogens is 382 g/mol. The van der Waals surface area contributed by atoms with Crippen LogP contribution in [0.4, 0.5) is 11.6 Å². The van der Waals surface area contributed by atoms with E-state index in [-0.39, 0.29) is 12.0 Å². The van der Waals surface area contributed by atoms with Crippen molar-refractivity contribution in [3.63, 3.8) is 0 Å². The molecule has 5 rings (SSSR count). The standard InChI is InChI=1S/C22H23N5O3/c1-4-30-21(28)20-12-18(15-6-8-16(29-3)9-7-15)26-19-11-14(2)5-10-17(19)25-13-23-24-22(25)27(20)26/h5-11,13,18,20H,4,12H2,1-3H3/t18-,20-/m0/s1. The van der Waals surface area contributed by atoms with E-state index >= 15 is 0 Å². The molecule has 8 nitrogen and oxygen atoms in total. The number of benzene rings is 2. The lowest BCUT2D eigenvalue weighted by molar-refractivity contribution is -0.144. The van der Waals surface area contributed by atoms with Crippen LogP contribution in [0.2, 0.25) is 0 Å². The molecule has 2 aliphatic heterocycles. The molecule has 0 unspecified atom stereocenters. The molecule has 0 aliphatic carbocycles.